The van der Waals surface area contributed by atoms with E-state index < -0.39 is 5.91 Å². The molecule has 0 radical (unpaired) electrons. The molecular formula is C28H25FN4O3. The minimum atomic E-state index is -0.576. The number of carbonyl (C=O) groups excluding carboxylic acids is 2. The number of benzene rings is 2. The van der Waals surface area contributed by atoms with Crippen molar-refractivity contribution >= 4 is 17.5 Å². The highest BCUT2D eigenvalue weighted by Crippen LogP contribution is 2.34. The Labute approximate surface area is 207 Å². The summed E-state index contributed by atoms with van der Waals surface area (Å²) in [6, 6.07) is 16.8. The molecule has 1 saturated heterocycles. The van der Waals surface area contributed by atoms with Crippen molar-refractivity contribution in [3.63, 3.8) is 0 Å². The molecule has 36 heavy (non-hydrogen) atoms. The summed E-state index contributed by atoms with van der Waals surface area (Å²) in [7, 11) is 0. The Morgan fingerprint density at radius 3 is 2.28 bits per heavy atom. The van der Waals surface area contributed by atoms with Crippen LogP contribution in [0.5, 0.6) is 11.5 Å². The van der Waals surface area contributed by atoms with Crippen LogP contribution < -0.4 is 10.5 Å². The van der Waals surface area contributed by atoms with Crippen LogP contribution in [0, 0.1) is 5.82 Å². The molecule has 1 fully saturated rings. The number of primary amides is 1. The number of ether oxygens (including phenoxy) is 1. The molecule has 2 aromatic heterocycles. The fraction of sp³-hybridized carbons (Fsp3) is 0.179. The summed E-state index contributed by atoms with van der Waals surface area (Å²) in [5, 5.41) is 0. The maximum atomic E-state index is 13.1. The van der Waals surface area contributed by atoms with Gasteiger partial charge in [-0.1, -0.05) is 12.6 Å². The first-order valence-corrected chi connectivity index (χ1v) is 11.7. The van der Waals surface area contributed by atoms with Gasteiger partial charge < -0.3 is 15.4 Å². The molecule has 7 nitrogen and oxygen atoms in total. The lowest BCUT2D eigenvalue weighted by Gasteiger charge is -2.31. The first kappa shape index (κ1) is 23.3. The molecule has 8 heteroatoms. The van der Waals surface area contributed by atoms with E-state index in [1.165, 1.54) is 18.2 Å². The number of hydrogen-bond acceptors (Lipinski definition) is 4. The predicted octanol–water partition coefficient (Wildman–Crippen LogP) is 4.92. The third-order valence-electron chi connectivity index (χ3n) is 6.51. The van der Waals surface area contributed by atoms with Crippen LogP contribution >= 0.6 is 0 Å². The van der Waals surface area contributed by atoms with E-state index in [0.29, 0.717) is 41.6 Å². The topological polar surface area (TPSA) is 89.9 Å². The molecule has 0 unspecified atom stereocenters. The zero-order chi connectivity index (χ0) is 25.2. The van der Waals surface area contributed by atoms with Crippen molar-refractivity contribution in [3.8, 4) is 22.8 Å². The Balaban J connectivity index is 1.46. The number of pyridine rings is 1. The zero-order valence-corrected chi connectivity index (χ0v) is 19.6. The van der Waals surface area contributed by atoms with Crippen molar-refractivity contribution in [2.45, 2.75) is 18.8 Å². The van der Waals surface area contributed by atoms with Gasteiger partial charge in [-0.25, -0.2) is 9.37 Å². The van der Waals surface area contributed by atoms with Crippen LogP contribution in [0.1, 0.15) is 34.8 Å². The lowest BCUT2D eigenvalue weighted by Crippen LogP contribution is -2.36. The van der Waals surface area contributed by atoms with Crippen molar-refractivity contribution in [3.05, 3.63) is 96.6 Å². The third-order valence-corrected chi connectivity index (χ3v) is 6.51. The van der Waals surface area contributed by atoms with Gasteiger partial charge in [-0.2, -0.15) is 0 Å². The molecule has 4 aromatic rings. The van der Waals surface area contributed by atoms with Gasteiger partial charge in [0.05, 0.1) is 0 Å². The lowest BCUT2D eigenvalue weighted by molar-refractivity contribution is -0.127. The van der Waals surface area contributed by atoms with Crippen LogP contribution in [-0.2, 0) is 4.79 Å². The Morgan fingerprint density at radius 2 is 1.67 bits per heavy atom. The summed E-state index contributed by atoms with van der Waals surface area (Å²) in [6.45, 7) is 4.85. The average Bonchev–Trinajstić information content (AvgIpc) is 3.30. The molecule has 1 aliphatic heterocycles. The SMILES string of the molecule is C=CC(=O)N1CCC(c2cccn3c(C(N)=O)c(-c4ccc(Oc5ccc(F)cc5)cc4)nc23)CC1. The Bertz CT molecular complexity index is 1440. The molecule has 2 aromatic carbocycles. The fourth-order valence-corrected chi connectivity index (χ4v) is 4.70. The monoisotopic (exact) mass is 484 g/mol. The molecule has 0 bridgehead atoms. The van der Waals surface area contributed by atoms with Crippen LogP contribution in [0.2, 0.25) is 0 Å². The van der Waals surface area contributed by atoms with Crippen molar-refractivity contribution < 1.29 is 18.7 Å². The van der Waals surface area contributed by atoms with Crippen LogP contribution in [-0.4, -0.2) is 39.2 Å². The van der Waals surface area contributed by atoms with E-state index in [9.17, 15) is 14.0 Å². The number of amides is 2. The standard InChI is InChI=1S/C28H25FN4O3/c1-2-24(34)32-16-13-18(14-17-32)23-4-3-15-33-26(27(30)35)25(31-28(23)33)19-5-9-21(10-6-19)36-22-11-7-20(29)8-12-22/h2-12,15,18H,1,13-14,16-17H2,(H2,30,35). The second kappa shape index (κ2) is 9.65. The molecule has 0 saturated carbocycles. The van der Waals surface area contributed by atoms with Crippen molar-refractivity contribution in [2.24, 2.45) is 5.73 Å². The molecule has 0 spiro atoms. The van der Waals surface area contributed by atoms with Gasteiger partial charge in [-0.15, -0.1) is 0 Å². The number of aromatic nitrogens is 2. The van der Waals surface area contributed by atoms with Crippen LogP contribution in [0.15, 0.2) is 79.5 Å². The number of likely N-dealkylation sites (tertiary alicyclic amines) is 1. The summed E-state index contributed by atoms with van der Waals surface area (Å²) in [4.78, 5) is 31.1. The van der Waals surface area contributed by atoms with Crippen LogP contribution in [0.25, 0.3) is 16.9 Å². The van der Waals surface area contributed by atoms with E-state index in [2.05, 4.69) is 6.58 Å². The minimum absolute atomic E-state index is 0.0578. The van der Waals surface area contributed by atoms with Gasteiger partial charge in [0.15, 0.2) is 0 Å². The van der Waals surface area contributed by atoms with Gasteiger partial charge in [0.25, 0.3) is 5.91 Å². The molecule has 2 N–H and O–H groups in total. The normalized spacial score (nSPS) is 14.1. The number of fused-ring (bicyclic) bond motifs is 1. The van der Waals surface area contributed by atoms with Crippen LogP contribution in [0.3, 0.4) is 0 Å². The molecule has 2 amide bonds. The summed E-state index contributed by atoms with van der Waals surface area (Å²) in [6.07, 6.45) is 4.72. The maximum Gasteiger partial charge on any atom is 0.268 e. The van der Waals surface area contributed by atoms with Crippen molar-refractivity contribution in [1.29, 1.82) is 0 Å². The van der Waals surface area contributed by atoms with Gasteiger partial charge in [-0.3, -0.25) is 14.0 Å². The lowest BCUT2D eigenvalue weighted by atomic mass is 9.90. The number of nitrogens with zero attached hydrogens (tertiary/aromatic N) is 3. The zero-order valence-electron chi connectivity index (χ0n) is 19.6. The number of hydrogen-bond donors (Lipinski definition) is 1. The van der Waals surface area contributed by atoms with Crippen LogP contribution in [0.4, 0.5) is 4.39 Å². The summed E-state index contributed by atoms with van der Waals surface area (Å²) < 4.78 is 20.7. The fourth-order valence-electron chi connectivity index (χ4n) is 4.70. The molecule has 0 atom stereocenters. The van der Waals surface area contributed by atoms with Crippen molar-refractivity contribution in [2.75, 3.05) is 13.1 Å². The Hall–Kier alpha value is -4.46. The highest BCUT2D eigenvalue weighted by atomic mass is 19.1. The number of carbonyl (C=O) groups is 2. The highest BCUT2D eigenvalue weighted by molar-refractivity contribution is 5.98. The number of nitrogens with two attached hydrogens (primary N) is 1. The summed E-state index contributed by atoms with van der Waals surface area (Å²) in [5.41, 5.74) is 9.01. The first-order valence-electron chi connectivity index (χ1n) is 11.7. The first-order chi connectivity index (χ1) is 17.4. The quantitative estimate of drug-likeness (QED) is 0.393. The van der Waals surface area contributed by atoms with Gasteiger partial charge >= 0.3 is 0 Å². The average molecular weight is 485 g/mol. The van der Waals surface area contributed by atoms with E-state index in [1.807, 2.05) is 24.3 Å². The van der Waals surface area contributed by atoms with E-state index in [-0.39, 0.29) is 17.6 Å². The molecular weight excluding hydrogens is 459 g/mol. The largest absolute Gasteiger partial charge is 0.457 e. The van der Waals surface area contributed by atoms with Gasteiger partial charge in [0, 0.05) is 24.8 Å². The number of piperidine rings is 1. The summed E-state index contributed by atoms with van der Waals surface area (Å²) in [5.74, 6) is 0.311. The smallest absolute Gasteiger partial charge is 0.268 e. The van der Waals surface area contributed by atoms with E-state index in [1.54, 1.807) is 39.8 Å². The second-order valence-electron chi connectivity index (χ2n) is 8.71. The Kier molecular flexibility index (Phi) is 6.25. The molecule has 1 aliphatic rings. The second-order valence-corrected chi connectivity index (χ2v) is 8.71. The van der Waals surface area contributed by atoms with E-state index in [4.69, 9.17) is 15.5 Å². The molecule has 3 heterocycles. The van der Waals surface area contributed by atoms with Crippen molar-refractivity contribution in [1.82, 2.24) is 14.3 Å². The maximum absolute atomic E-state index is 13.1. The van der Waals surface area contributed by atoms with E-state index >= 15 is 0 Å². The Morgan fingerprint density at radius 1 is 1.03 bits per heavy atom. The number of rotatable bonds is 6. The van der Waals surface area contributed by atoms with Gasteiger partial charge in [-0.05, 0) is 85.0 Å². The van der Waals surface area contributed by atoms with Gasteiger partial charge in [0.1, 0.15) is 34.4 Å². The van der Waals surface area contributed by atoms with Gasteiger partial charge in [0.2, 0.25) is 5.91 Å². The minimum Gasteiger partial charge on any atom is -0.457 e. The molecule has 5 rings (SSSR count). The van der Waals surface area contributed by atoms with E-state index in [0.717, 1.165) is 24.0 Å². The number of halogens is 1. The number of imidazole rings is 1. The molecule has 0 aliphatic carbocycles. The predicted molar refractivity (Wildman–Crippen MR) is 134 cm³/mol. The highest BCUT2D eigenvalue weighted by Gasteiger charge is 2.27. The molecule has 182 valence electrons. The third kappa shape index (κ3) is 4.45. The summed E-state index contributed by atoms with van der Waals surface area (Å²) >= 11 is 0.